The first-order valence-corrected chi connectivity index (χ1v) is 10.7. The first-order chi connectivity index (χ1) is 13.5. The monoisotopic (exact) mass is 404 g/mol. The molecule has 2 aliphatic heterocycles. The summed E-state index contributed by atoms with van der Waals surface area (Å²) in [6.07, 6.45) is 3.91. The molecule has 28 heavy (non-hydrogen) atoms. The molecule has 1 aliphatic carbocycles. The van der Waals surface area contributed by atoms with Crippen LogP contribution in [0.15, 0.2) is 24.3 Å². The summed E-state index contributed by atoms with van der Waals surface area (Å²) < 4.78 is 0. The van der Waals surface area contributed by atoms with Crippen LogP contribution in [-0.4, -0.2) is 65.0 Å². The van der Waals surface area contributed by atoms with Crippen LogP contribution in [0.2, 0.25) is 5.02 Å². The summed E-state index contributed by atoms with van der Waals surface area (Å²) in [5.74, 6) is 0.184. The van der Waals surface area contributed by atoms with E-state index in [9.17, 15) is 9.59 Å². The molecule has 7 heteroatoms. The fraction of sp³-hybridized carbons (Fsp3) is 0.619. The molecule has 1 saturated carbocycles. The summed E-state index contributed by atoms with van der Waals surface area (Å²) in [4.78, 5) is 31.7. The minimum absolute atomic E-state index is 0.0222. The number of urea groups is 1. The zero-order valence-corrected chi connectivity index (χ0v) is 17.2. The van der Waals surface area contributed by atoms with Crippen LogP contribution >= 0.6 is 11.6 Å². The van der Waals surface area contributed by atoms with Crippen molar-refractivity contribution in [1.29, 1.82) is 0 Å². The SMILES string of the molecule is C[C@H]1CCCC[C@@]12NC(=O)N(CN1CCN(Cc3cccc(Cl)c3)CC1)C2=O. The first kappa shape index (κ1) is 19.7. The third-order valence-corrected chi connectivity index (χ3v) is 6.84. The van der Waals surface area contributed by atoms with Crippen LogP contribution in [0.5, 0.6) is 0 Å². The van der Waals surface area contributed by atoms with Crippen LogP contribution in [0.3, 0.4) is 0 Å². The lowest BCUT2D eigenvalue weighted by Crippen LogP contribution is -2.55. The zero-order valence-electron chi connectivity index (χ0n) is 16.5. The van der Waals surface area contributed by atoms with E-state index >= 15 is 0 Å². The van der Waals surface area contributed by atoms with Crippen LogP contribution in [0.25, 0.3) is 0 Å². The van der Waals surface area contributed by atoms with Crippen molar-refractivity contribution in [1.82, 2.24) is 20.0 Å². The lowest BCUT2D eigenvalue weighted by atomic mass is 9.73. The number of halogens is 1. The molecule has 1 spiro atoms. The number of carbonyl (C=O) groups excluding carboxylic acids is 2. The number of amides is 3. The summed E-state index contributed by atoms with van der Waals surface area (Å²) in [6, 6.07) is 7.75. The molecule has 152 valence electrons. The highest BCUT2D eigenvalue weighted by molar-refractivity contribution is 6.30. The Morgan fingerprint density at radius 3 is 2.61 bits per heavy atom. The van der Waals surface area contributed by atoms with Gasteiger partial charge in [-0.05, 0) is 36.5 Å². The van der Waals surface area contributed by atoms with Crippen LogP contribution in [-0.2, 0) is 11.3 Å². The number of piperazine rings is 1. The van der Waals surface area contributed by atoms with Crippen LogP contribution in [0, 0.1) is 5.92 Å². The fourth-order valence-corrected chi connectivity index (χ4v) is 5.02. The van der Waals surface area contributed by atoms with E-state index in [1.165, 1.54) is 10.5 Å². The molecule has 0 unspecified atom stereocenters. The average Bonchev–Trinajstić information content (AvgIpc) is 2.91. The third kappa shape index (κ3) is 3.78. The van der Waals surface area contributed by atoms with Crippen molar-refractivity contribution in [2.75, 3.05) is 32.8 Å². The van der Waals surface area contributed by atoms with E-state index in [1.54, 1.807) is 0 Å². The smallest absolute Gasteiger partial charge is 0.323 e. The molecular formula is C21H29ClN4O2. The molecule has 2 atom stereocenters. The molecule has 0 aromatic heterocycles. The average molecular weight is 405 g/mol. The second-order valence-corrected chi connectivity index (χ2v) is 8.88. The standard InChI is InChI=1S/C21H29ClN4O2/c1-16-5-2-3-8-21(16)19(27)26(20(28)23-21)15-25-11-9-24(10-12-25)14-17-6-4-7-18(22)13-17/h4,6-7,13,16H,2-3,5,8-12,14-15H2,1H3,(H,23,28)/t16-,21+/m0/s1. The van der Waals surface area contributed by atoms with Gasteiger partial charge in [0.05, 0.1) is 6.67 Å². The molecule has 2 heterocycles. The molecular weight excluding hydrogens is 376 g/mol. The van der Waals surface area contributed by atoms with Crippen LogP contribution in [0.4, 0.5) is 4.79 Å². The molecule has 3 fully saturated rings. The molecule has 3 aliphatic rings. The predicted molar refractivity (Wildman–Crippen MR) is 109 cm³/mol. The summed E-state index contributed by atoms with van der Waals surface area (Å²) >= 11 is 6.08. The topological polar surface area (TPSA) is 55.9 Å². The van der Waals surface area contributed by atoms with Crippen molar-refractivity contribution in [3.8, 4) is 0 Å². The van der Waals surface area contributed by atoms with Gasteiger partial charge in [-0.3, -0.25) is 14.6 Å². The fourth-order valence-electron chi connectivity index (χ4n) is 4.81. The van der Waals surface area contributed by atoms with E-state index in [0.717, 1.165) is 63.4 Å². The van der Waals surface area contributed by atoms with E-state index in [2.05, 4.69) is 28.1 Å². The Kier molecular flexibility index (Phi) is 5.63. The minimum Gasteiger partial charge on any atom is -0.323 e. The Balaban J connectivity index is 1.32. The highest BCUT2D eigenvalue weighted by Gasteiger charge is 2.55. The number of rotatable bonds is 4. The maximum Gasteiger partial charge on any atom is 0.326 e. The predicted octanol–water partition coefficient (Wildman–Crippen LogP) is 2.92. The molecule has 0 bridgehead atoms. The largest absolute Gasteiger partial charge is 0.326 e. The summed E-state index contributed by atoms with van der Waals surface area (Å²) in [5.41, 5.74) is 0.548. The molecule has 0 radical (unpaired) electrons. The van der Waals surface area contributed by atoms with Gasteiger partial charge in [0.15, 0.2) is 0 Å². The van der Waals surface area contributed by atoms with Crippen molar-refractivity contribution in [3.63, 3.8) is 0 Å². The number of nitrogens with zero attached hydrogens (tertiary/aromatic N) is 3. The van der Waals surface area contributed by atoms with Crippen molar-refractivity contribution >= 4 is 23.5 Å². The summed E-state index contributed by atoms with van der Waals surface area (Å²) in [7, 11) is 0. The number of hydrogen-bond acceptors (Lipinski definition) is 4. The van der Waals surface area contributed by atoms with E-state index in [-0.39, 0.29) is 17.9 Å². The van der Waals surface area contributed by atoms with Gasteiger partial charge in [0, 0.05) is 37.7 Å². The third-order valence-electron chi connectivity index (χ3n) is 6.60. The van der Waals surface area contributed by atoms with Crippen molar-refractivity contribution < 1.29 is 9.59 Å². The Labute approximate surface area is 171 Å². The van der Waals surface area contributed by atoms with Crippen molar-refractivity contribution in [2.45, 2.75) is 44.7 Å². The van der Waals surface area contributed by atoms with E-state index < -0.39 is 5.54 Å². The van der Waals surface area contributed by atoms with Crippen molar-refractivity contribution in [3.05, 3.63) is 34.9 Å². The molecule has 1 N–H and O–H groups in total. The summed E-state index contributed by atoms with van der Waals surface area (Å²) in [5, 5.41) is 3.81. The molecule has 6 nitrogen and oxygen atoms in total. The summed E-state index contributed by atoms with van der Waals surface area (Å²) in [6.45, 7) is 6.88. The Morgan fingerprint density at radius 2 is 1.89 bits per heavy atom. The number of benzene rings is 1. The Bertz CT molecular complexity index is 750. The van der Waals surface area contributed by atoms with Gasteiger partial charge in [-0.1, -0.05) is 43.5 Å². The first-order valence-electron chi connectivity index (χ1n) is 10.3. The van der Waals surface area contributed by atoms with Gasteiger partial charge in [-0.25, -0.2) is 9.69 Å². The van der Waals surface area contributed by atoms with Crippen molar-refractivity contribution in [2.24, 2.45) is 5.92 Å². The number of imide groups is 1. The quantitative estimate of drug-likeness (QED) is 0.784. The van der Waals surface area contributed by atoms with Gasteiger partial charge in [0.25, 0.3) is 5.91 Å². The molecule has 2 saturated heterocycles. The molecule has 1 aromatic rings. The number of carbonyl (C=O) groups is 2. The number of nitrogens with one attached hydrogen (secondary N) is 1. The number of hydrogen-bond donors (Lipinski definition) is 1. The van der Waals surface area contributed by atoms with Crippen LogP contribution in [0.1, 0.15) is 38.2 Å². The van der Waals surface area contributed by atoms with E-state index in [0.29, 0.717) is 6.67 Å². The lowest BCUT2D eigenvalue weighted by Gasteiger charge is -2.38. The Morgan fingerprint density at radius 1 is 1.14 bits per heavy atom. The van der Waals surface area contributed by atoms with Gasteiger partial charge in [-0.15, -0.1) is 0 Å². The molecule has 1 aromatic carbocycles. The van der Waals surface area contributed by atoms with Gasteiger partial charge in [-0.2, -0.15) is 0 Å². The van der Waals surface area contributed by atoms with Gasteiger partial charge < -0.3 is 5.32 Å². The van der Waals surface area contributed by atoms with Crippen LogP contribution < -0.4 is 5.32 Å². The maximum atomic E-state index is 13.1. The highest BCUT2D eigenvalue weighted by atomic mass is 35.5. The van der Waals surface area contributed by atoms with Gasteiger partial charge in [0.1, 0.15) is 5.54 Å². The Hall–Kier alpha value is -1.63. The molecule has 3 amide bonds. The van der Waals surface area contributed by atoms with E-state index in [1.807, 2.05) is 18.2 Å². The molecule has 4 rings (SSSR count). The second-order valence-electron chi connectivity index (χ2n) is 8.45. The van der Waals surface area contributed by atoms with Gasteiger partial charge >= 0.3 is 6.03 Å². The maximum absolute atomic E-state index is 13.1. The normalized spacial score (nSPS) is 29.5. The van der Waals surface area contributed by atoms with Gasteiger partial charge in [0.2, 0.25) is 0 Å². The lowest BCUT2D eigenvalue weighted by molar-refractivity contribution is -0.136. The highest BCUT2D eigenvalue weighted by Crippen LogP contribution is 2.38. The zero-order chi connectivity index (χ0) is 19.7. The minimum atomic E-state index is -0.663. The van der Waals surface area contributed by atoms with E-state index in [4.69, 9.17) is 11.6 Å². The second kappa shape index (κ2) is 8.01.